The summed E-state index contributed by atoms with van der Waals surface area (Å²) in [7, 11) is 3.13. The molecular formula is C14H20BrN4O3+. The second-order valence-corrected chi connectivity index (χ2v) is 5.86. The van der Waals surface area contributed by atoms with E-state index in [1.54, 1.807) is 7.05 Å². The number of benzene rings is 1. The molecule has 1 aromatic carbocycles. The normalized spacial score (nSPS) is 11.5. The Morgan fingerprint density at radius 3 is 2.41 bits per heavy atom. The number of aryl methyl sites for hydroxylation is 1. The van der Waals surface area contributed by atoms with Crippen LogP contribution in [0, 0.1) is 6.92 Å². The number of hydrogen-bond acceptors (Lipinski definition) is 3. The lowest BCUT2D eigenvalue weighted by Gasteiger charge is -2.14. The number of nitrogens with one attached hydrogen (secondary N) is 4. The Morgan fingerprint density at radius 2 is 1.82 bits per heavy atom. The summed E-state index contributed by atoms with van der Waals surface area (Å²) in [5.74, 6) is -0.639. The molecule has 0 aliphatic carbocycles. The van der Waals surface area contributed by atoms with E-state index in [9.17, 15) is 14.4 Å². The first-order valence-corrected chi connectivity index (χ1v) is 7.50. The zero-order valence-corrected chi connectivity index (χ0v) is 14.3. The van der Waals surface area contributed by atoms with Crippen LogP contribution >= 0.6 is 15.9 Å². The Hall–Kier alpha value is -1.93. The first kappa shape index (κ1) is 18.1. The highest BCUT2D eigenvalue weighted by molar-refractivity contribution is 9.10. The number of rotatable bonds is 5. The second kappa shape index (κ2) is 8.50. The summed E-state index contributed by atoms with van der Waals surface area (Å²) in [6.07, 6.45) is 0. The van der Waals surface area contributed by atoms with Gasteiger partial charge in [-0.3, -0.25) is 14.9 Å². The molecular weight excluding hydrogens is 352 g/mol. The summed E-state index contributed by atoms with van der Waals surface area (Å²) >= 11 is 3.36. The van der Waals surface area contributed by atoms with Crippen LogP contribution in [0.4, 0.5) is 10.5 Å². The molecule has 0 radical (unpaired) electrons. The Bertz CT molecular complexity index is 577. The molecule has 0 aliphatic rings. The van der Waals surface area contributed by atoms with E-state index in [1.165, 1.54) is 7.05 Å². The number of urea groups is 1. The predicted molar refractivity (Wildman–Crippen MR) is 86.7 cm³/mol. The van der Waals surface area contributed by atoms with Gasteiger partial charge in [0, 0.05) is 17.2 Å². The lowest BCUT2D eigenvalue weighted by molar-refractivity contribution is -0.862. The molecule has 1 aromatic rings. The van der Waals surface area contributed by atoms with E-state index < -0.39 is 11.9 Å². The van der Waals surface area contributed by atoms with Crippen molar-refractivity contribution in [3.63, 3.8) is 0 Å². The van der Waals surface area contributed by atoms with Gasteiger partial charge < -0.3 is 15.5 Å². The minimum atomic E-state index is -0.562. The monoisotopic (exact) mass is 371 g/mol. The number of carbonyl (C=O) groups is 3. The average Bonchev–Trinajstić information content (AvgIpc) is 2.41. The molecule has 0 fully saturated rings. The van der Waals surface area contributed by atoms with Gasteiger partial charge in [0.15, 0.2) is 13.1 Å². The van der Waals surface area contributed by atoms with Gasteiger partial charge in [0.05, 0.1) is 7.05 Å². The molecule has 0 bridgehead atoms. The Labute approximate surface area is 137 Å². The molecule has 0 saturated carbocycles. The van der Waals surface area contributed by atoms with Crippen molar-refractivity contribution in [3.8, 4) is 0 Å². The van der Waals surface area contributed by atoms with Gasteiger partial charge in [0.25, 0.3) is 11.8 Å². The molecule has 0 saturated heterocycles. The first-order chi connectivity index (χ1) is 10.3. The third kappa shape index (κ3) is 6.23. The van der Waals surface area contributed by atoms with Crippen molar-refractivity contribution in [1.82, 2.24) is 10.6 Å². The summed E-state index contributed by atoms with van der Waals surface area (Å²) in [6.45, 7) is 2.05. The Balaban J connectivity index is 2.47. The van der Waals surface area contributed by atoms with E-state index in [-0.39, 0.29) is 19.0 Å². The van der Waals surface area contributed by atoms with E-state index in [4.69, 9.17) is 0 Å². The zero-order chi connectivity index (χ0) is 16.7. The molecule has 0 aliphatic heterocycles. The summed E-state index contributed by atoms with van der Waals surface area (Å²) < 4.78 is 0.941. The van der Waals surface area contributed by atoms with Gasteiger partial charge in [0.1, 0.15) is 0 Å². The van der Waals surface area contributed by atoms with Crippen molar-refractivity contribution in [3.05, 3.63) is 28.2 Å². The summed E-state index contributed by atoms with van der Waals surface area (Å²) in [5, 5.41) is 7.24. The number of hydrogen-bond donors (Lipinski definition) is 4. The van der Waals surface area contributed by atoms with Gasteiger partial charge in [0.2, 0.25) is 0 Å². The van der Waals surface area contributed by atoms with Gasteiger partial charge in [-0.25, -0.2) is 4.79 Å². The SMILES string of the molecule is CNC(=O)NC(=O)C[NH+](C)CC(=O)Nc1ccc(Br)cc1C. The Kier molecular flexibility index (Phi) is 7.00. The fourth-order valence-electron chi connectivity index (χ4n) is 1.81. The lowest BCUT2D eigenvalue weighted by atomic mass is 10.2. The van der Waals surface area contributed by atoms with Crippen LogP contribution in [-0.4, -0.2) is 45.0 Å². The van der Waals surface area contributed by atoms with Gasteiger partial charge in [-0.05, 0) is 30.7 Å². The fraction of sp³-hybridized carbons (Fsp3) is 0.357. The second-order valence-electron chi connectivity index (χ2n) is 4.95. The molecule has 120 valence electrons. The van der Waals surface area contributed by atoms with Crippen LogP contribution in [0.15, 0.2) is 22.7 Å². The first-order valence-electron chi connectivity index (χ1n) is 6.70. The highest BCUT2D eigenvalue weighted by Gasteiger charge is 2.16. The minimum Gasteiger partial charge on any atom is -0.341 e. The standard InChI is InChI=1S/C14H19BrN4O3/c1-9-6-10(15)4-5-11(9)17-12(20)7-19(3)8-13(21)18-14(22)16-2/h4-6H,7-8H2,1-3H3,(H,17,20)(H2,16,18,21,22)/p+1. The number of imide groups is 1. The molecule has 0 heterocycles. The van der Waals surface area contributed by atoms with E-state index in [0.717, 1.165) is 15.7 Å². The van der Waals surface area contributed by atoms with Crippen LogP contribution < -0.4 is 20.9 Å². The van der Waals surface area contributed by atoms with Gasteiger partial charge >= 0.3 is 6.03 Å². The van der Waals surface area contributed by atoms with E-state index in [2.05, 4.69) is 31.9 Å². The van der Waals surface area contributed by atoms with Crippen molar-refractivity contribution in [2.45, 2.75) is 6.92 Å². The van der Waals surface area contributed by atoms with Gasteiger partial charge in [-0.2, -0.15) is 0 Å². The number of amides is 4. The molecule has 4 N–H and O–H groups in total. The van der Waals surface area contributed by atoms with E-state index in [0.29, 0.717) is 4.90 Å². The van der Waals surface area contributed by atoms with Crippen molar-refractivity contribution in [2.24, 2.45) is 0 Å². The summed E-state index contributed by atoms with van der Waals surface area (Å²) in [6, 6.07) is 5.00. The lowest BCUT2D eigenvalue weighted by Crippen LogP contribution is -3.11. The minimum absolute atomic E-state index is 0.0279. The molecule has 0 aromatic heterocycles. The number of carbonyl (C=O) groups excluding carboxylic acids is 3. The quantitative estimate of drug-likeness (QED) is 0.570. The molecule has 8 heteroatoms. The smallest absolute Gasteiger partial charge is 0.321 e. The van der Waals surface area contributed by atoms with Crippen LogP contribution in [0.25, 0.3) is 0 Å². The molecule has 1 rings (SSSR count). The van der Waals surface area contributed by atoms with Gasteiger partial charge in [-0.1, -0.05) is 15.9 Å². The number of halogens is 1. The van der Waals surface area contributed by atoms with Crippen LogP contribution in [0.1, 0.15) is 5.56 Å². The van der Waals surface area contributed by atoms with Crippen LogP contribution in [-0.2, 0) is 9.59 Å². The zero-order valence-electron chi connectivity index (χ0n) is 12.7. The topological polar surface area (TPSA) is 91.7 Å². The summed E-state index contributed by atoms with van der Waals surface area (Å²) in [5.41, 5.74) is 1.67. The van der Waals surface area contributed by atoms with E-state index in [1.807, 2.05) is 25.1 Å². The third-order valence-electron chi connectivity index (χ3n) is 2.87. The maximum absolute atomic E-state index is 12.0. The molecule has 7 nitrogen and oxygen atoms in total. The van der Waals surface area contributed by atoms with E-state index >= 15 is 0 Å². The van der Waals surface area contributed by atoms with Crippen molar-refractivity contribution < 1.29 is 19.3 Å². The maximum atomic E-state index is 12.0. The van der Waals surface area contributed by atoms with Crippen molar-refractivity contribution >= 4 is 39.5 Å². The highest BCUT2D eigenvalue weighted by Crippen LogP contribution is 2.19. The molecule has 22 heavy (non-hydrogen) atoms. The molecule has 0 spiro atoms. The molecule has 1 unspecified atom stereocenters. The molecule has 1 atom stereocenters. The van der Waals surface area contributed by atoms with Crippen molar-refractivity contribution in [1.29, 1.82) is 0 Å². The van der Waals surface area contributed by atoms with Crippen molar-refractivity contribution in [2.75, 3.05) is 32.5 Å². The molecule has 4 amide bonds. The van der Waals surface area contributed by atoms with Crippen LogP contribution in [0.5, 0.6) is 0 Å². The van der Waals surface area contributed by atoms with Crippen LogP contribution in [0.2, 0.25) is 0 Å². The van der Waals surface area contributed by atoms with Crippen LogP contribution in [0.3, 0.4) is 0 Å². The number of likely N-dealkylation sites (N-methyl/N-ethyl adjacent to an activating group) is 1. The third-order valence-corrected chi connectivity index (χ3v) is 3.36. The summed E-state index contributed by atoms with van der Waals surface area (Å²) in [4.78, 5) is 35.2. The van der Waals surface area contributed by atoms with Gasteiger partial charge in [-0.15, -0.1) is 0 Å². The Morgan fingerprint density at radius 1 is 1.18 bits per heavy atom. The number of anilines is 1. The predicted octanol–water partition coefficient (Wildman–Crippen LogP) is -0.334. The largest absolute Gasteiger partial charge is 0.341 e. The number of quaternary nitrogens is 1. The maximum Gasteiger partial charge on any atom is 0.321 e. The highest BCUT2D eigenvalue weighted by atomic mass is 79.9. The fourth-order valence-corrected chi connectivity index (χ4v) is 2.28. The average molecular weight is 372 g/mol.